The predicted octanol–water partition coefficient (Wildman–Crippen LogP) is -0.750. The first-order valence-electron chi connectivity index (χ1n) is 6.13. The van der Waals surface area contributed by atoms with Crippen molar-refractivity contribution in [3.8, 4) is 0 Å². The van der Waals surface area contributed by atoms with Crippen LogP contribution in [0, 0.1) is 5.41 Å². The summed E-state index contributed by atoms with van der Waals surface area (Å²) in [5, 5.41) is 14.4. The van der Waals surface area contributed by atoms with Crippen LogP contribution in [0.4, 0.5) is 0 Å². The Kier molecular flexibility index (Phi) is 3.14. The molecule has 100 valence electrons. The molecule has 2 fully saturated rings. The summed E-state index contributed by atoms with van der Waals surface area (Å²) in [7, 11) is 0. The number of oxime groups is 1. The van der Waals surface area contributed by atoms with Gasteiger partial charge in [0.05, 0.1) is 0 Å². The van der Waals surface area contributed by atoms with Gasteiger partial charge in [-0.2, -0.15) is 0 Å². The third-order valence-corrected chi connectivity index (χ3v) is 3.74. The minimum atomic E-state index is -0.875. The average Bonchev–Trinajstić information content (AvgIpc) is 3.18. The maximum Gasteiger partial charge on any atom is 0.242 e. The zero-order chi connectivity index (χ0) is 13.3. The van der Waals surface area contributed by atoms with Crippen LogP contribution in [0.2, 0.25) is 0 Å². The van der Waals surface area contributed by atoms with Crippen LogP contribution in [0.25, 0.3) is 0 Å². The number of nitrogens with two attached hydrogens (primary N) is 1. The van der Waals surface area contributed by atoms with Crippen LogP contribution in [0.5, 0.6) is 0 Å². The molecule has 0 aromatic rings. The Bertz CT molecular complexity index is 403. The topological polar surface area (TPSA) is 108 Å². The summed E-state index contributed by atoms with van der Waals surface area (Å²) in [6, 6.07) is -0.449. The Morgan fingerprint density at radius 3 is 2.83 bits per heavy atom. The number of carbonyl (C=O) groups excluding carboxylic acids is 2. The van der Waals surface area contributed by atoms with E-state index in [0.29, 0.717) is 32.4 Å². The molecule has 1 heterocycles. The van der Waals surface area contributed by atoms with Gasteiger partial charge in [0.1, 0.15) is 11.5 Å². The molecule has 7 heteroatoms. The highest BCUT2D eigenvalue weighted by Crippen LogP contribution is 2.47. The van der Waals surface area contributed by atoms with Crippen LogP contribution >= 0.6 is 0 Å². The molecule has 0 aromatic carbocycles. The van der Waals surface area contributed by atoms with Gasteiger partial charge in [0, 0.05) is 13.1 Å². The summed E-state index contributed by atoms with van der Waals surface area (Å²) < 4.78 is 0. The first-order chi connectivity index (χ1) is 8.56. The first kappa shape index (κ1) is 12.7. The summed E-state index contributed by atoms with van der Waals surface area (Å²) >= 11 is 0. The molecule has 1 saturated heterocycles. The highest BCUT2D eigenvalue weighted by molar-refractivity contribution is 6.10. The van der Waals surface area contributed by atoms with Crippen LogP contribution in [0.1, 0.15) is 26.2 Å². The number of carbonyl (C=O) groups is 2. The van der Waals surface area contributed by atoms with E-state index in [0.717, 1.165) is 0 Å². The third kappa shape index (κ3) is 1.79. The van der Waals surface area contributed by atoms with Gasteiger partial charge in [-0.25, -0.2) is 0 Å². The number of rotatable bonds is 3. The SMILES string of the molecule is CCC1C(=O)NCCN1C(=O)C1(C(N)=NO)CC1. The van der Waals surface area contributed by atoms with Crippen molar-refractivity contribution in [1.82, 2.24) is 10.2 Å². The summed E-state index contributed by atoms with van der Waals surface area (Å²) in [5.74, 6) is -0.375. The van der Waals surface area contributed by atoms with Crippen molar-refractivity contribution in [2.24, 2.45) is 16.3 Å². The lowest BCUT2D eigenvalue weighted by Gasteiger charge is -2.36. The van der Waals surface area contributed by atoms with Crippen LogP contribution < -0.4 is 11.1 Å². The predicted molar refractivity (Wildman–Crippen MR) is 63.9 cm³/mol. The Labute approximate surface area is 105 Å². The fraction of sp³-hybridized carbons (Fsp3) is 0.727. The summed E-state index contributed by atoms with van der Waals surface area (Å²) in [6.07, 6.45) is 1.72. The molecule has 4 N–H and O–H groups in total. The number of amides is 2. The van der Waals surface area contributed by atoms with E-state index in [9.17, 15) is 9.59 Å². The lowest BCUT2D eigenvalue weighted by Crippen LogP contribution is -2.59. The van der Waals surface area contributed by atoms with E-state index in [4.69, 9.17) is 10.9 Å². The van der Waals surface area contributed by atoms with Crippen LogP contribution in [-0.2, 0) is 9.59 Å². The molecular weight excluding hydrogens is 236 g/mol. The summed E-state index contributed by atoms with van der Waals surface area (Å²) in [5.41, 5.74) is 4.72. The maximum absolute atomic E-state index is 12.5. The number of amidine groups is 1. The van der Waals surface area contributed by atoms with Crippen molar-refractivity contribution in [1.29, 1.82) is 0 Å². The Morgan fingerprint density at radius 1 is 1.67 bits per heavy atom. The van der Waals surface area contributed by atoms with Gasteiger partial charge in [0.15, 0.2) is 5.84 Å². The second-order valence-electron chi connectivity index (χ2n) is 4.78. The lowest BCUT2D eigenvalue weighted by molar-refractivity contribution is -0.145. The zero-order valence-electron chi connectivity index (χ0n) is 10.3. The molecule has 2 amide bonds. The van der Waals surface area contributed by atoms with Crippen molar-refractivity contribution < 1.29 is 14.8 Å². The van der Waals surface area contributed by atoms with E-state index in [1.54, 1.807) is 4.90 Å². The molecule has 0 spiro atoms. The fourth-order valence-electron chi connectivity index (χ4n) is 2.44. The van der Waals surface area contributed by atoms with Gasteiger partial charge in [-0.1, -0.05) is 12.1 Å². The van der Waals surface area contributed by atoms with Gasteiger partial charge in [-0.15, -0.1) is 0 Å². The normalized spacial score (nSPS) is 26.7. The molecule has 1 unspecified atom stereocenters. The number of nitrogens with one attached hydrogen (secondary N) is 1. The highest BCUT2D eigenvalue weighted by Gasteiger charge is 2.57. The van der Waals surface area contributed by atoms with Crippen LogP contribution in [-0.4, -0.2) is 46.9 Å². The molecular formula is C11H18N4O3. The van der Waals surface area contributed by atoms with Gasteiger partial charge in [-0.3, -0.25) is 9.59 Å². The number of nitrogens with zero attached hydrogens (tertiary/aromatic N) is 2. The van der Waals surface area contributed by atoms with Gasteiger partial charge < -0.3 is 21.2 Å². The molecule has 0 aromatic heterocycles. The van der Waals surface area contributed by atoms with Crippen LogP contribution in [0.15, 0.2) is 5.16 Å². The molecule has 18 heavy (non-hydrogen) atoms. The van der Waals surface area contributed by atoms with Crippen molar-refractivity contribution in [2.45, 2.75) is 32.2 Å². The van der Waals surface area contributed by atoms with E-state index < -0.39 is 11.5 Å². The number of piperazine rings is 1. The van der Waals surface area contributed by atoms with E-state index in [2.05, 4.69) is 10.5 Å². The molecule has 1 aliphatic carbocycles. The highest BCUT2D eigenvalue weighted by atomic mass is 16.4. The molecule has 0 radical (unpaired) electrons. The molecule has 1 saturated carbocycles. The lowest BCUT2D eigenvalue weighted by atomic mass is 10.0. The second-order valence-corrected chi connectivity index (χ2v) is 4.78. The Hall–Kier alpha value is -1.79. The minimum Gasteiger partial charge on any atom is -0.409 e. The van der Waals surface area contributed by atoms with Crippen molar-refractivity contribution in [3.05, 3.63) is 0 Å². The van der Waals surface area contributed by atoms with Gasteiger partial charge in [0.2, 0.25) is 11.8 Å². The van der Waals surface area contributed by atoms with E-state index in [1.807, 2.05) is 6.92 Å². The number of hydrogen-bond acceptors (Lipinski definition) is 4. The van der Waals surface area contributed by atoms with E-state index in [1.165, 1.54) is 0 Å². The largest absolute Gasteiger partial charge is 0.409 e. The molecule has 2 aliphatic rings. The smallest absolute Gasteiger partial charge is 0.242 e. The van der Waals surface area contributed by atoms with E-state index >= 15 is 0 Å². The summed E-state index contributed by atoms with van der Waals surface area (Å²) in [4.78, 5) is 25.7. The minimum absolute atomic E-state index is 0.0478. The van der Waals surface area contributed by atoms with Gasteiger partial charge in [-0.05, 0) is 19.3 Å². The quantitative estimate of drug-likeness (QED) is 0.266. The monoisotopic (exact) mass is 254 g/mol. The van der Waals surface area contributed by atoms with E-state index in [-0.39, 0.29) is 17.6 Å². The average molecular weight is 254 g/mol. The molecule has 1 atom stereocenters. The van der Waals surface area contributed by atoms with Gasteiger partial charge >= 0.3 is 0 Å². The van der Waals surface area contributed by atoms with Crippen molar-refractivity contribution >= 4 is 17.6 Å². The molecule has 2 rings (SSSR count). The Morgan fingerprint density at radius 2 is 2.33 bits per heavy atom. The first-order valence-corrected chi connectivity index (χ1v) is 6.13. The number of hydrogen-bond donors (Lipinski definition) is 3. The van der Waals surface area contributed by atoms with Gasteiger partial charge in [0.25, 0.3) is 0 Å². The molecule has 1 aliphatic heterocycles. The Balaban J connectivity index is 2.20. The van der Waals surface area contributed by atoms with Crippen molar-refractivity contribution in [2.75, 3.05) is 13.1 Å². The molecule has 0 bridgehead atoms. The summed E-state index contributed by atoms with van der Waals surface area (Å²) in [6.45, 7) is 2.79. The van der Waals surface area contributed by atoms with Crippen LogP contribution in [0.3, 0.4) is 0 Å². The van der Waals surface area contributed by atoms with Crippen molar-refractivity contribution in [3.63, 3.8) is 0 Å². The second kappa shape index (κ2) is 4.47. The fourth-order valence-corrected chi connectivity index (χ4v) is 2.44. The third-order valence-electron chi connectivity index (χ3n) is 3.74. The zero-order valence-corrected chi connectivity index (χ0v) is 10.3. The standard InChI is InChI=1S/C11H18N4O3/c1-2-7-8(16)13-5-6-15(7)10(17)11(3-4-11)9(12)14-18/h7,18H,2-6H2,1H3,(H2,12,14)(H,13,16). The maximum atomic E-state index is 12.5. The molecule has 7 nitrogen and oxygen atoms in total.